The van der Waals surface area contributed by atoms with Crippen LogP contribution in [0.15, 0.2) is 66.7 Å². The summed E-state index contributed by atoms with van der Waals surface area (Å²) in [6, 6.07) is 19.4. The van der Waals surface area contributed by atoms with E-state index in [0.29, 0.717) is 0 Å². The van der Waals surface area contributed by atoms with Gasteiger partial charge in [0.2, 0.25) is 0 Å². The van der Waals surface area contributed by atoms with Crippen LogP contribution in [-0.2, 0) is 18.1 Å². The topological polar surface area (TPSA) is 44.8 Å². The molecule has 2 aromatic rings. The maximum atomic E-state index is 12.7. The summed E-state index contributed by atoms with van der Waals surface area (Å²) in [4.78, 5) is 0. The molecule has 0 heterocycles. The average Bonchev–Trinajstić information content (AvgIpc) is 2.61. The first-order valence-corrected chi connectivity index (χ1v) is 9.48. The molecule has 0 spiro atoms. The fourth-order valence-corrected chi connectivity index (χ4v) is 3.46. The van der Waals surface area contributed by atoms with Gasteiger partial charge in [0, 0.05) is 0 Å². The Hall–Kier alpha value is -1.71. The molecule has 0 saturated heterocycles. The van der Waals surface area contributed by atoms with Crippen LogP contribution in [0.1, 0.15) is 31.1 Å². The molecule has 0 N–H and O–H groups in total. The first kappa shape index (κ1) is 18.6. The Bertz CT molecular complexity index is 660. The van der Waals surface area contributed by atoms with Crippen molar-refractivity contribution in [3.63, 3.8) is 0 Å². The van der Waals surface area contributed by atoms with Crippen LogP contribution in [0, 0.1) is 0 Å². The van der Waals surface area contributed by atoms with Crippen LogP contribution in [0.3, 0.4) is 0 Å². The molecule has 0 aromatic heterocycles. The Labute approximate surface area is 143 Å². The van der Waals surface area contributed by atoms with E-state index in [1.165, 1.54) is 0 Å². The van der Waals surface area contributed by atoms with E-state index >= 15 is 0 Å². The van der Waals surface area contributed by atoms with Crippen molar-refractivity contribution in [2.24, 2.45) is 0 Å². The lowest BCUT2D eigenvalue weighted by Crippen LogP contribution is -2.05. The molecular weight excluding hydrogens is 323 g/mol. The molecule has 0 amide bonds. The van der Waals surface area contributed by atoms with Gasteiger partial charge in [-0.05, 0) is 25.0 Å². The number of phosphoric acid groups is 1. The monoisotopic (exact) mass is 346 g/mol. The zero-order valence-corrected chi connectivity index (χ0v) is 14.9. The normalized spacial score (nSPS) is 13.2. The molecular formula is C19H23O4P. The SMILES string of the molecule is CCOP(=O)(OCC)OC(/C=C/c1ccccc1)c1ccccc1. The average molecular weight is 346 g/mol. The van der Waals surface area contributed by atoms with E-state index in [2.05, 4.69) is 0 Å². The summed E-state index contributed by atoms with van der Waals surface area (Å²) in [6.45, 7) is 4.01. The number of phosphoric ester groups is 1. The molecule has 1 unspecified atom stereocenters. The van der Waals surface area contributed by atoms with Crippen molar-refractivity contribution in [1.29, 1.82) is 0 Å². The van der Waals surface area contributed by atoms with Crippen molar-refractivity contribution in [3.05, 3.63) is 77.9 Å². The molecule has 0 saturated carbocycles. The number of benzene rings is 2. The lowest BCUT2D eigenvalue weighted by molar-refractivity contribution is 0.101. The van der Waals surface area contributed by atoms with E-state index in [4.69, 9.17) is 13.6 Å². The van der Waals surface area contributed by atoms with Gasteiger partial charge in [0.05, 0.1) is 13.2 Å². The van der Waals surface area contributed by atoms with E-state index < -0.39 is 13.9 Å². The fraction of sp³-hybridized carbons (Fsp3) is 0.263. The molecule has 0 aliphatic rings. The molecule has 5 heteroatoms. The zero-order valence-electron chi connectivity index (χ0n) is 14.0. The summed E-state index contributed by atoms with van der Waals surface area (Å²) in [5.41, 5.74) is 1.91. The molecule has 0 aliphatic carbocycles. The van der Waals surface area contributed by atoms with Crippen molar-refractivity contribution < 1.29 is 18.1 Å². The number of hydrogen-bond donors (Lipinski definition) is 0. The maximum absolute atomic E-state index is 12.7. The second-order valence-electron chi connectivity index (χ2n) is 4.99. The van der Waals surface area contributed by atoms with Gasteiger partial charge in [0.25, 0.3) is 0 Å². The summed E-state index contributed by atoms with van der Waals surface area (Å²) in [5, 5.41) is 0. The lowest BCUT2D eigenvalue weighted by Gasteiger charge is -2.21. The summed E-state index contributed by atoms with van der Waals surface area (Å²) >= 11 is 0. The molecule has 0 fully saturated rings. The van der Waals surface area contributed by atoms with Gasteiger partial charge < -0.3 is 0 Å². The zero-order chi connectivity index (χ0) is 17.3. The lowest BCUT2D eigenvalue weighted by atomic mass is 10.1. The second kappa shape index (κ2) is 9.55. The van der Waals surface area contributed by atoms with Gasteiger partial charge in [-0.3, -0.25) is 13.6 Å². The Kier molecular flexibility index (Phi) is 7.41. The van der Waals surface area contributed by atoms with E-state index in [-0.39, 0.29) is 13.2 Å². The van der Waals surface area contributed by atoms with Gasteiger partial charge in [-0.1, -0.05) is 72.8 Å². The standard InChI is InChI=1S/C19H23O4P/c1-3-21-24(20,22-4-2)23-19(18-13-9-6-10-14-18)16-15-17-11-7-5-8-12-17/h5-16,19H,3-4H2,1-2H3/b16-15+. The predicted octanol–water partition coefficient (Wildman–Crippen LogP) is 5.64. The summed E-state index contributed by atoms with van der Waals surface area (Å²) < 4.78 is 29.0. The maximum Gasteiger partial charge on any atom is 0.475 e. The Morgan fingerprint density at radius 3 is 2.00 bits per heavy atom. The first-order valence-electron chi connectivity index (χ1n) is 8.02. The summed E-state index contributed by atoms with van der Waals surface area (Å²) in [6.07, 6.45) is 3.25. The van der Waals surface area contributed by atoms with E-state index in [0.717, 1.165) is 11.1 Å². The van der Waals surface area contributed by atoms with Crippen LogP contribution < -0.4 is 0 Å². The van der Waals surface area contributed by atoms with E-state index in [9.17, 15) is 4.57 Å². The smallest absolute Gasteiger partial charge is 0.287 e. The molecule has 128 valence electrons. The van der Waals surface area contributed by atoms with Gasteiger partial charge in [0.15, 0.2) is 0 Å². The number of hydrogen-bond acceptors (Lipinski definition) is 4. The Morgan fingerprint density at radius 2 is 1.46 bits per heavy atom. The molecule has 0 radical (unpaired) electrons. The van der Waals surface area contributed by atoms with Crippen LogP contribution in [0.25, 0.3) is 6.08 Å². The van der Waals surface area contributed by atoms with Gasteiger partial charge in [0.1, 0.15) is 6.10 Å². The van der Waals surface area contributed by atoms with Crippen molar-refractivity contribution >= 4 is 13.9 Å². The minimum absolute atomic E-state index is 0.251. The minimum Gasteiger partial charge on any atom is -0.287 e. The largest absolute Gasteiger partial charge is 0.475 e. The molecule has 2 aromatic carbocycles. The molecule has 4 nitrogen and oxygen atoms in total. The predicted molar refractivity (Wildman–Crippen MR) is 96.6 cm³/mol. The summed E-state index contributed by atoms with van der Waals surface area (Å²) in [7, 11) is -3.61. The van der Waals surface area contributed by atoms with Gasteiger partial charge in [-0.25, -0.2) is 4.57 Å². The highest BCUT2D eigenvalue weighted by molar-refractivity contribution is 7.48. The number of rotatable bonds is 9. The Balaban J connectivity index is 2.26. The molecule has 24 heavy (non-hydrogen) atoms. The van der Waals surface area contributed by atoms with Crippen LogP contribution in [0.2, 0.25) is 0 Å². The van der Waals surface area contributed by atoms with Gasteiger partial charge in [-0.15, -0.1) is 0 Å². The van der Waals surface area contributed by atoms with Gasteiger partial charge in [-0.2, -0.15) is 0 Å². The molecule has 0 bridgehead atoms. The second-order valence-corrected chi connectivity index (χ2v) is 6.61. The highest BCUT2D eigenvalue weighted by Crippen LogP contribution is 2.53. The van der Waals surface area contributed by atoms with E-state index in [1.807, 2.05) is 72.8 Å². The van der Waals surface area contributed by atoms with Crippen LogP contribution in [0.4, 0.5) is 0 Å². The molecule has 1 atom stereocenters. The third-order valence-electron chi connectivity index (χ3n) is 3.21. The third kappa shape index (κ3) is 5.73. The van der Waals surface area contributed by atoms with Gasteiger partial charge >= 0.3 is 7.82 Å². The highest BCUT2D eigenvalue weighted by atomic mass is 31.2. The highest BCUT2D eigenvalue weighted by Gasteiger charge is 2.29. The minimum atomic E-state index is -3.61. The van der Waals surface area contributed by atoms with Crippen LogP contribution >= 0.6 is 7.82 Å². The van der Waals surface area contributed by atoms with Crippen molar-refractivity contribution in [1.82, 2.24) is 0 Å². The van der Waals surface area contributed by atoms with Crippen molar-refractivity contribution in [2.75, 3.05) is 13.2 Å². The molecule has 2 rings (SSSR count). The summed E-state index contributed by atoms with van der Waals surface area (Å²) in [5.74, 6) is 0. The van der Waals surface area contributed by atoms with Crippen LogP contribution in [-0.4, -0.2) is 13.2 Å². The molecule has 0 aliphatic heterocycles. The van der Waals surface area contributed by atoms with Crippen molar-refractivity contribution in [2.45, 2.75) is 20.0 Å². The quantitative estimate of drug-likeness (QED) is 0.551. The van der Waals surface area contributed by atoms with Crippen molar-refractivity contribution in [3.8, 4) is 0 Å². The van der Waals surface area contributed by atoms with E-state index in [1.54, 1.807) is 13.8 Å². The third-order valence-corrected chi connectivity index (χ3v) is 4.84. The first-order chi connectivity index (χ1) is 11.7. The fourth-order valence-electron chi connectivity index (χ4n) is 2.17. The van der Waals surface area contributed by atoms with Crippen LogP contribution in [0.5, 0.6) is 0 Å². The Morgan fingerprint density at radius 1 is 0.917 bits per heavy atom.